The zero-order valence-corrected chi connectivity index (χ0v) is 11.7. The van der Waals surface area contributed by atoms with Gasteiger partial charge in [-0.05, 0) is 31.5 Å². The minimum absolute atomic E-state index is 0.231. The van der Waals surface area contributed by atoms with Crippen molar-refractivity contribution in [2.75, 3.05) is 6.54 Å². The molecule has 3 rings (SSSR count). The third-order valence-electron chi connectivity index (χ3n) is 3.77. The highest BCUT2D eigenvalue weighted by atomic mass is 16.4. The number of carbonyl (C=O) groups excluding carboxylic acids is 1. The molecule has 0 saturated carbocycles. The number of amides is 1. The van der Waals surface area contributed by atoms with Crippen LogP contribution >= 0.6 is 0 Å². The lowest BCUT2D eigenvalue weighted by Gasteiger charge is -2.32. The van der Waals surface area contributed by atoms with Crippen molar-refractivity contribution in [2.24, 2.45) is 5.73 Å². The minimum Gasteiger partial charge on any atom is -0.419 e. The second kappa shape index (κ2) is 6.05. The van der Waals surface area contributed by atoms with Gasteiger partial charge in [0.25, 0.3) is 0 Å². The molecule has 1 aromatic heterocycles. The van der Waals surface area contributed by atoms with Crippen LogP contribution in [-0.4, -0.2) is 33.6 Å². The molecule has 1 aliphatic rings. The Balaban J connectivity index is 1.73. The first kappa shape index (κ1) is 13.8. The summed E-state index contributed by atoms with van der Waals surface area (Å²) in [4.78, 5) is 13.5. The summed E-state index contributed by atoms with van der Waals surface area (Å²) in [6.45, 7) is 1.30. The van der Waals surface area contributed by atoms with Gasteiger partial charge in [-0.1, -0.05) is 24.6 Å². The third-order valence-corrected chi connectivity index (χ3v) is 3.77. The van der Waals surface area contributed by atoms with Crippen molar-refractivity contribution in [1.29, 1.82) is 0 Å². The Kier molecular flexibility index (Phi) is 3.96. The maximum absolute atomic E-state index is 11.5. The Labute approximate surface area is 123 Å². The van der Waals surface area contributed by atoms with E-state index in [9.17, 15) is 4.79 Å². The zero-order chi connectivity index (χ0) is 14.7. The van der Waals surface area contributed by atoms with Gasteiger partial charge < -0.3 is 10.2 Å². The molecular formula is C15H18N4O2. The topological polar surface area (TPSA) is 85.3 Å². The number of carbonyl (C=O) groups is 1. The van der Waals surface area contributed by atoms with E-state index in [0.29, 0.717) is 18.3 Å². The summed E-state index contributed by atoms with van der Waals surface area (Å²) in [6, 6.07) is 9.39. The van der Waals surface area contributed by atoms with E-state index in [1.165, 1.54) is 0 Å². The second-order valence-corrected chi connectivity index (χ2v) is 5.25. The number of benzene rings is 1. The first-order chi connectivity index (χ1) is 10.2. The molecule has 110 valence electrons. The molecule has 1 saturated heterocycles. The van der Waals surface area contributed by atoms with Crippen molar-refractivity contribution in [3.63, 3.8) is 0 Å². The van der Waals surface area contributed by atoms with Gasteiger partial charge in [-0.25, -0.2) is 0 Å². The molecule has 0 radical (unpaired) electrons. The van der Waals surface area contributed by atoms with E-state index in [0.717, 1.165) is 31.4 Å². The highest BCUT2D eigenvalue weighted by Crippen LogP contribution is 2.21. The number of piperidine rings is 1. The summed E-state index contributed by atoms with van der Waals surface area (Å²) in [6.07, 6.45) is 2.89. The van der Waals surface area contributed by atoms with E-state index in [1.54, 1.807) is 0 Å². The van der Waals surface area contributed by atoms with Crippen LogP contribution < -0.4 is 5.73 Å². The first-order valence-electron chi connectivity index (χ1n) is 7.15. The van der Waals surface area contributed by atoms with E-state index >= 15 is 0 Å². The molecule has 2 heterocycles. The Hall–Kier alpha value is -2.21. The molecule has 0 bridgehead atoms. The highest BCUT2D eigenvalue weighted by molar-refractivity contribution is 5.79. The number of hydrogen-bond donors (Lipinski definition) is 1. The molecule has 1 aliphatic heterocycles. The third kappa shape index (κ3) is 3.11. The van der Waals surface area contributed by atoms with Gasteiger partial charge in [0.2, 0.25) is 17.7 Å². The Morgan fingerprint density at radius 3 is 2.86 bits per heavy atom. The maximum Gasteiger partial charge on any atom is 0.247 e. The molecule has 21 heavy (non-hydrogen) atoms. The Morgan fingerprint density at radius 1 is 1.29 bits per heavy atom. The summed E-state index contributed by atoms with van der Waals surface area (Å²) in [5.41, 5.74) is 6.35. The lowest BCUT2D eigenvalue weighted by Crippen LogP contribution is -2.47. The lowest BCUT2D eigenvalue weighted by atomic mass is 10.0. The SMILES string of the molecule is NC(=O)[C@@H]1CCCCN1Cc1nnc(-c2ccccc2)o1. The van der Waals surface area contributed by atoms with Crippen molar-refractivity contribution < 1.29 is 9.21 Å². The summed E-state index contributed by atoms with van der Waals surface area (Å²) in [5.74, 6) is 0.734. The van der Waals surface area contributed by atoms with E-state index < -0.39 is 0 Å². The van der Waals surface area contributed by atoms with Crippen LogP contribution in [0.2, 0.25) is 0 Å². The molecule has 6 nitrogen and oxygen atoms in total. The van der Waals surface area contributed by atoms with Gasteiger partial charge in [0.1, 0.15) is 0 Å². The van der Waals surface area contributed by atoms with Gasteiger partial charge >= 0.3 is 0 Å². The van der Waals surface area contributed by atoms with Crippen molar-refractivity contribution in [3.8, 4) is 11.5 Å². The van der Waals surface area contributed by atoms with Crippen molar-refractivity contribution in [3.05, 3.63) is 36.2 Å². The fourth-order valence-electron chi connectivity index (χ4n) is 2.69. The van der Waals surface area contributed by atoms with Crippen LogP contribution in [0.15, 0.2) is 34.7 Å². The molecule has 1 aromatic carbocycles. The van der Waals surface area contributed by atoms with Crippen LogP contribution in [-0.2, 0) is 11.3 Å². The zero-order valence-electron chi connectivity index (χ0n) is 11.7. The molecule has 0 aliphatic carbocycles. The standard InChI is InChI=1S/C15H18N4O2/c16-14(20)12-8-4-5-9-19(12)10-13-17-18-15(21-13)11-6-2-1-3-7-11/h1-3,6-7,12H,4-5,8-10H2,(H2,16,20)/t12-/m0/s1. The van der Waals surface area contributed by atoms with Crippen LogP contribution in [0.5, 0.6) is 0 Å². The molecule has 0 spiro atoms. The van der Waals surface area contributed by atoms with Crippen LogP contribution in [0.3, 0.4) is 0 Å². The van der Waals surface area contributed by atoms with Crippen LogP contribution in [0.25, 0.3) is 11.5 Å². The molecule has 6 heteroatoms. The highest BCUT2D eigenvalue weighted by Gasteiger charge is 2.28. The summed E-state index contributed by atoms with van der Waals surface area (Å²) >= 11 is 0. The summed E-state index contributed by atoms with van der Waals surface area (Å²) in [5, 5.41) is 8.13. The molecule has 2 N–H and O–H groups in total. The van der Waals surface area contributed by atoms with Crippen molar-refractivity contribution in [2.45, 2.75) is 31.8 Å². The number of primary amides is 1. The quantitative estimate of drug-likeness (QED) is 0.922. The number of rotatable bonds is 4. The molecule has 0 unspecified atom stereocenters. The molecule has 2 aromatic rings. The molecular weight excluding hydrogens is 268 g/mol. The number of aromatic nitrogens is 2. The normalized spacial score (nSPS) is 19.5. The van der Waals surface area contributed by atoms with Gasteiger partial charge in [0, 0.05) is 5.56 Å². The number of nitrogens with zero attached hydrogens (tertiary/aromatic N) is 3. The fourth-order valence-corrected chi connectivity index (χ4v) is 2.69. The lowest BCUT2D eigenvalue weighted by molar-refractivity contribution is -0.124. The fraction of sp³-hybridized carbons (Fsp3) is 0.400. The average Bonchev–Trinajstić information content (AvgIpc) is 2.97. The minimum atomic E-state index is -0.280. The average molecular weight is 286 g/mol. The van der Waals surface area contributed by atoms with E-state index in [-0.39, 0.29) is 11.9 Å². The molecule has 1 atom stereocenters. The van der Waals surface area contributed by atoms with Crippen LogP contribution in [0, 0.1) is 0 Å². The Bertz CT molecular complexity index is 611. The van der Waals surface area contributed by atoms with Gasteiger partial charge in [0.05, 0.1) is 12.6 Å². The van der Waals surface area contributed by atoms with Crippen molar-refractivity contribution in [1.82, 2.24) is 15.1 Å². The second-order valence-electron chi connectivity index (χ2n) is 5.25. The number of hydrogen-bond acceptors (Lipinski definition) is 5. The summed E-state index contributed by atoms with van der Waals surface area (Å²) in [7, 11) is 0. The van der Waals surface area contributed by atoms with Crippen LogP contribution in [0.4, 0.5) is 0 Å². The monoisotopic (exact) mass is 286 g/mol. The number of nitrogens with two attached hydrogens (primary N) is 1. The molecule has 1 fully saturated rings. The van der Waals surface area contributed by atoms with E-state index in [2.05, 4.69) is 10.2 Å². The van der Waals surface area contributed by atoms with Crippen molar-refractivity contribution >= 4 is 5.91 Å². The first-order valence-corrected chi connectivity index (χ1v) is 7.15. The van der Waals surface area contributed by atoms with Crippen LogP contribution in [0.1, 0.15) is 25.2 Å². The largest absolute Gasteiger partial charge is 0.419 e. The predicted octanol–water partition coefficient (Wildman–Crippen LogP) is 1.58. The predicted molar refractivity (Wildman–Crippen MR) is 77.0 cm³/mol. The number of likely N-dealkylation sites (tertiary alicyclic amines) is 1. The Morgan fingerprint density at radius 2 is 2.10 bits per heavy atom. The van der Waals surface area contributed by atoms with Gasteiger partial charge in [-0.3, -0.25) is 9.69 Å². The molecule has 1 amide bonds. The van der Waals surface area contributed by atoms with E-state index in [4.69, 9.17) is 10.2 Å². The van der Waals surface area contributed by atoms with E-state index in [1.807, 2.05) is 35.2 Å². The summed E-state index contributed by atoms with van der Waals surface area (Å²) < 4.78 is 5.68. The van der Waals surface area contributed by atoms with Gasteiger partial charge in [-0.2, -0.15) is 0 Å². The van der Waals surface area contributed by atoms with Gasteiger partial charge in [0.15, 0.2) is 0 Å². The smallest absolute Gasteiger partial charge is 0.247 e. The maximum atomic E-state index is 11.5. The van der Waals surface area contributed by atoms with Gasteiger partial charge in [-0.15, -0.1) is 10.2 Å².